The molecule has 0 aromatic rings. The van der Waals surface area contributed by atoms with Gasteiger partial charge in [-0.2, -0.15) is 0 Å². The Morgan fingerprint density at radius 3 is 2.44 bits per heavy atom. The first kappa shape index (κ1) is 13.3. The normalized spacial score (nSPS) is 39.4. The molecule has 0 saturated carbocycles. The number of halogens is 1. The molecule has 7 nitrogen and oxygen atoms in total. The number of alkyl halides is 1. The summed E-state index contributed by atoms with van der Waals surface area (Å²) >= 11 is 0. The van der Waals surface area contributed by atoms with Gasteiger partial charge in [-0.1, -0.05) is 0 Å². The molecule has 16 heavy (non-hydrogen) atoms. The van der Waals surface area contributed by atoms with Gasteiger partial charge in [-0.3, -0.25) is 4.79 Å². The van der Waals surface area contributed by atoms with Gasteiger partial charge >= 0.3 is 0 Å². The SMILES string of the molecule is O=C(CF)N[C@H]1C(O)O[C@H](CO)[C@@H](O)[C@@H]1O. The summed E-state index contributed by atoms with van der Waals surface area (Å²) in [6, 6.07) is -1.33. The van der Waals surface area contributed by atoms with Crippen LogP contribution in [0.15, 0.2) is 0 Å². The summed E-state index contributed by atoms with van der Waals surface area (Å²) in [6.07, 6.45) is -5.79. The summed E-state index contributed by atoms with van der Waals surface area (Å²) in [5.41, 5.74) is 0. The summed E-state index contributed by atoms with van der Waals surface area (Å²) in [7, 11) is 0. The fourth-order valence-electron chi connectivity index (χ4n) is 1.48. The maximum atomic E-state index is 11.9. The predicted molar refractivity (Wildman–Crippen MR) is 47.9 cm³/mol. The van der Waals surface area contributed by atoms with E-state index in [0.29, 0.717) is 0 Å². The third-order valence-corrected chi connectivity index (χ3v) is 2.35. The van der Waals surface area contributed by atoms with Crippen LogP contribution < -0.4 is 5.32 Å². The Morgan fingerprint density at radius 2 is 1.94 bits per heavy atom. The van der Waals surface area contributed by atoms with Crippen LogP contribution in [0.2, 0.25) is 0 Å². The molecule has 1 aliphatic rings. The quantitative estimate of drug-likeness (QED) is 0.355. The minimum absolute atomic E-state index is 0.598. The first-order valence-electron chi connectivity index (χ1n) is 4.67. The van der Waals surface area contributed by atoms with Crippen molar-refractivity contribution in [2.24, 2.45) is 0 Å². The molecule has 0 aliphatic carbocycles. The van der Waals surface area contributed by atoms with Gasteiger partial charge in [0.25, 0.3) is 5.91 Å². The minimum Gasteiger partial charge on any atom is -0.394 e. The zero-order chi connectivity index (χ0) is 12.3. The van der Waals surface area contributed by atoms with Crippen LogP contribution in [0.25, 0.3) is 0 Å². The van der Waals surface area contributed by atoms with Gasteiger partial charge in [-0.25, -0.2) is 4.39 Å². The number of aliphatic hydroxyl groups is 4. The van der Waals surface area contributed by atoms with Gasteiger partial charge in [0, 0.05) is 0 Å². The highest BCUT2D eigenvalue weighted by Crippen LogP contribution is 2.19. The van der Waals surface area contributed by atoms with Gasteiger partial charge in [-0.05, 0) is 0 Å². The van der Waals surface area contributed by atoms with Crippen molar-refractivity contribution in [2.45, 2.75) is 30.6 Å². The van der Waals surface area contributed by atoms with Crippen molar-refractivity contribution in [1.82, 2.24) is 5.32 Å². The van der Waals surface area contributed by atoms with Crippen LogP contribution in [0.1, 0.15) is 0 Å². The van der Waals surface area contributed by atoms with Crippen molar-refractivity contribution >= 4 is 5.91 Å². The third-order valence-electron chi connectivity index (χ3n) is 2.35. The molecule has 0 aromatic carbocycles. The molecule has 0 radical (unpaired) electrons. The van der Waals surface area contributed by atoms with Crippen LogP contribution in [0.4, 0.5) is 4.39 Å². The van der Waals surface area contributed by atoms with Gasteiger partial charge in [0.1, 0.15) is 24.4 Å². The Bertz CT molecular complexity index is 253. The van der Waals surface area contributed by atoms with Crippen molar-refractivity contribution < 1.29 is 34.3 Å². The van der Waals surface area contributed by atoms with Crippen LogP contribution in [0.3, 0.4) is 0 Å². The zero-order valence-electron chi connectivity index (χ0n) is 8.28. The first-order chi connectivity index (χ1) is 7.51. The number of amides is 1. The Kier molecular flexibility index (Phi) is 4.56. The number of hydrogen-bond acceptors (Lipinski definition) is 6. The lowest BCUT2D eigenvalue weighted by Gasteiger charge is -2.40. The average molecular weight is 239 g/mol. The molecular formula is C8H14FNO6. The topological polar surface area (TPSA) is 119 Å². The standard InChI is InChI=1S/C8H14FNO6/c9-1-4(12)10-5-7(14)6(13)3(2-11)16-8(5)15/h3,5-8,11,13-15H,1-2H2,(H,10,12)/t3-,5-,6-,7-,8?/m1/s1. The maximum absolute atomic E-state index is 11.9. The molecule has 94 valence electrons. The molecule has 8 heteroatoms. The smallest absolute Gasteiger partial charge is 0.251 e. The second kappa shape index (κ2) is 5.51. The number of carbonyl (C=O) groups excluding carboxylic acids is 1. The van der Waals surface area contributed by atoms with E-state index in [1.54, 1.807) is 0 Å². The van der Waals surface area contributed by atoms with Gasteiger partial charge < -0.3 is 30.5 Å². The highest BCUT2D eigenvalue weighted by Gasteiger charge is 2.44. The molecule has 1 amide bonds. The van der Waals surface area contributed by atoms with Gasteiger partial charge in [0.15, 0.2) is 13.0 Å². The molecule has 0 bridgehead atoms. The lowest BCUT2D eigenvalue weighted by atomic mass is 9.97. The lowest BCUT2D eigenvalue weighted by molar-refractivity contribution is -0.253. The number of hydrogen-bond donors (Lipinski definition) is 5. The molecule has 5 N–H and O–H groups in total. The minimum atomic E-state index is -1.62. The van der Waals surface area contributed by atoms with Gasteiger partial charge in [-0.15, -0.1) is 0 Å². The van der Waals surface area contributed by atoms with E-state index >= 15 is 0 Å². The molecule has 1 fully saturated rings. The van der Waals surface area contributed by atoms with Crippen LogP contribution >= 0.6 is 0 Å². The van der Waals surface area contributed by atoms with Crippen molar-refractivity contribution in [3.05, 3.63) is 0 Å². The van der Waals surface area contributed by atoms with E-state index in [-0.39, 0.29) is 0 Å². The van der Waals surface area contributed by atoms with E-state index in [1.807, 2.05) is 5.32 Å². The average Bonchev–Trinajstić information content (AvgIpc) is 2.28. The Morgan fingerprint density at radius 1 is 1.31 bits per heavy atom. The first-order valence-corrected chi connectivity index (χ1v) is 4.67. The number of rotatable bonds is 3. The Balaban J connectivity index is 2.67. The number of nitrogens with one attached hydrogen (secondary N) is 1. The molecule has 0 aromatic heterocycles. The number of aliphatic hydroxyl groups excluding tert-OH is 4. The molecule has 1 aliphatic heterocycles. The van der Waals surface area contributed by atoms with Crippen LogP contribution in [0, 0.1) is 0 Å². The summed E-state index contributed by atoms with van der Waals surface area (Å²) < 4.78 is 16.7. The van der Waals surface area contributed by atoms with Gasteiger partial charge in [0.2, 0.25) is 0 Å². The second-order valence-electron chi connectivity index (χ2n) is 3.46. The maximum Gasteiger partial charge on any atom is 0.251 e. The van der Waals surface area contributed by atoms with Crippen molar-refractivity contribution in [2.75, 3.05) is 13.3 Å². The van der Waals surface area contributed by atoms with Crippen LogP contribution in [-0.4, -0.2) is 70.3 Å². The van der Waals surface area contributed by atoms with E-state index < -0.39 is 49.8 Å². The Labute approximate surface area is 90.5 Å². The van der Waals surface area contributed by atoms with E-state index in [0.717, 1.165) is 0 Å². The summed E-state index contributed by atoms with van der Waals surface area (Å²) in [6.45, 7) is -1.91. The fourth-order valence-corrected chi connectivity index (χ4v) is 1.48. The molecular weight excluding hydrogens is 225 g/mol. The summed E-state index contributed by atoms with van der Waals surface area (Å²) in [5.74, 6) is -1.04. The fraction of sp³-hybridized carbons (Fsp3) is 0.875. The highest BCUT2D eigenvalue weighted by molar-refractivity contribution is 5.77. The zero-order valence-corrected chi connectivity index (χ0v) is 8.28. The number of carbonyl (C=O) groups is 1. The van der Waals surface area contributed by atoms with Crippen LogP contribution in [-0.2, 0) is 9.53 Å². The number of ether oxygens (including phenoxy) is 1. The molecule has 1 unspecified atom stereocenters. The third kappa shape index (κ3) is 2.66. The molecule has 1 rings (SSSR count). The summed E-state index contributed by atoms with van der Waals surface area (Å²) in [4.78, 5) is 10.7. The summed E-state index contributed by atoms with van der Waals surface area (Å²) in [5, 5.41) is 39.0. The highest BCUT2D eigenvalue weighted by atomic mass is 19.1. The molecule has 1 saturated heterocycles. The van der Waals surface area contributed by atoms with Crippen LogP contribution in [0.5, 0.6) is 0 Å². The van der Waals surface area contributed by atoms with E-state index in [4.69, 9.17) is 9.84 Å². The monoisotopic (exact) mass is 239 g/mol. The van der Waals surface area contributed by atoms with Crippen molar-refractivity contribution in [3.8, 4) is 0 Å². The second-order valence-corrected chi connectivity index (χ2v) is 3.46. The van der Waals surface area contributed by atoms with Gasteiger partial charge in [0.05, 0.1) is 6.61 Å². The van der Waals surface area contributed by atoms with Crippen molar-refractivity contribution in [3.63, 3.8) is 0 Å². The molecule has 1 heterocycles. The van der Waals surface area contributed by atoms with E-state index in [9.17, 15) is 24.5 Å². The lowest BCUT2D eigenvalue weighted by Crippen LogP contribution is -2.64. The van der Waals surface area contributed by atoms with E-state index in [2.05, 4.69) is 0 Å². The van der Waals surface area contributed by atoms with Crippen molar-refractivity contribution in [1.29, 1.82) is 0 Å². The van der Waals surface area contributed by atoms with E-state index in [1.165, 1.54) is 0 Å². The predicted octanol–water partition coefficient (Wildman–Crippen LogP) is -3.13. The Hall–Kier alpha value is -0.800. The molecule has 0 spiro atoms. The molecule has 5 atom stereocenters. The largest absolute Gasteiger partial charge is 0.394 e.